The molecule has 9 heteroatoms. The Morgan fingerprint density at radius 3 is 2.52 bits per heavy atom. The molecule has 0 atom stereocenters. The number of rotatable bonds is 4. The van der Waals surface area contributed by atoms with Crippen molar-refractivity contribution in [2.24, 2.45) is 0 Å². The Morgan fingerprint density at radius 1 is 1.21 bits per heavy atom. The molecule has 1 fully saturated rings. The van der Waals surface area contributed by atoms with Gasteiger partial charge in [-0.1, -0.05) is 29.8 Å². The molecule has 1 amide bonds. The van der Waals surface area contributed by atoms with Gasteiger partial charge in [0.25, 0.3) is 11.6 Å². The zero-order valence-corrected chi connectivity index (χ0v) is 16.0. The highest BCUT2D eigenvalue weighted by atomic mass is 35.5. The van der Waals surface area contributed by atoms with Gasteiger partial charge in [-0.2, -0.15) is 5.26 Å². The Kier molecular flexibility index (Phi) is 6.10. The van der Waals surface area contributed by atoms with E-state index in [0.717, 1.165) is 0 Å². The van der Waals surface area contributed by atoms with Crippen LogP contribution in [0.1, 0.15) is 5.56 Å². The van der Waals surface area contributed by atoms with Gasteiger partial charge >= 0.3 is 0 Å². The van der Waals surface area contributed by atoms with Crippen LogP contribution in [0.3, 0.4) is 0 Å². The highest BCUT2D eigenvalue weighted by Crippen LogP contribution is 2.26. The van der Waals surface area contributed by atoms with Crippen LogP contribution in [0.25, 0.3) is 6.08 Å². The first-order chi connectivity index (χ1) is 13.9. The number of carbonyl (C=O) groups is 1. The van der Waals surface area contributed by atoms with Gasteiger partial charge in [0.15, 0.2) is 0 Å². The lowest BCUT2D eigenvalue weighted by Gasteiger charge is -2.36. The minimum absolute atomic E-state index is 0.0266. The van der Waals surface area contributed by atoms with Crippen LogP contribution in [0.5, 0.6) is 0 Å². The zero-order chi connectivity index (χ0) is 21.0. The predicted octanol–water partition coefficient (Wildman–Crippen LogP) is 3.64. The van der Waals surface area contributed by atoms with Crippen molar-refractivity contribution >= 4 is 35.0 Å². The summed E-state index contributed by atoms with van der Waals surface area (Å²) in [6.07, 6.45) is 1.30. The molecule has 0 spiro atoms. The number of amides is 1. The number of hydrogen-bond donors (Lipinski definition) is 0. The molecule has 0 aliphatic carbocycles. The average molecular weight is 415 g/mol. The molecular weight excluding hydrogens is 399 g/mol. The third-order valence-electron chi connectivity index (χ3n) is 4.59. The predicted molar refractivity (Wildman–Crippen MR) is 107 cm³/mol. The van der Waals surface area contributed by atoms with Gasteiger partial charge in [-0.25, -0.2) is 4.39 Å². The molecule has 0 radical (unpaired) electrons. The van der Waals surface area contributed by atoms with Gasteiger partial charge in [-0.05, 0) is 29.8 Å². The smallest absolute Gasteiger partial charge is 0.288 e. The molecule has 3 rings (SSSR count). The molecule has 1 aliphatic heterocycles. The number of piperazine rings is 1. The standard InChI is InChI=1S/C20H16ClFN4O3/c21-16-6-5-14(12-19(16)26(28)29)11-15(13-23)20(27)25-9-7-24(8-10-25)18-4-2-1-3-17(18)22/h1-6,11-12H,7-10H2/b15-11+. The molecule has 1 saturated heterocycles. The summed E-state index contributed by atoms with van der Waals surface area (Å²) in [5, 5.41) is 20.4. The Morgan fingerprint density at radius 2 is 1.90 bits per heavy atom. The topological polar surface area (TPSA) is 90.5 Å². The van der Waals surface area contributed by atoms with Crippen LogP contribution in [0.15, 0.2) is 48.0 Å². The Labute approximate surface area is 171 Å². The highest BCUT2D eigenvalue weighted by molar-refractivity contribution is 6.32. The summed E-state index contributed by atoms with van der Waals surface area (Å²) in [6.45, 7) is 1.51. The van der Waals surface area contributed by atoms with E-state index in [1.54, 1.807) is 18.2 Å². The van der Waals surface area contributed by atoms with E-state index >= 15 is 0 Å². The number of nitriles is 1. The fraction of sp³-hybridized carbons (Fsp3) is 0.200. The summed E-state index contributed by atoms with van der Waals surface area (Å²) in [5.74, 6) is -0.799. The van der Waals surface area contributed by atoms with Crippen molar-refractivity contribution < 1.29 is 14.1 Å². The van der Waals surface area contributed by atoms with Crippen LogP contribution in [-0.2, 0) is 4.79 Å². The van der Waals surface area contributed by atoms with Crippen LogP contribution < -0.4 is 4.90 Å². The summed E-state index contributed by atoms with van der Waals surface area (Å²) in [6, 6.07) is 12.3. The Balaban J connectivity index is 1.73. The van der Waals surface area contributed by atoms with E-state index in [9.17, 15) is 24.6 Å². The van der Waals surface area contributed by atoms with E-state index in [2.05, 4.69) is 0 Å². The molecule has 7 nitrogen and oxygen atoms in total. The van der Waals surface area contributed by atoms with Gasteiger partial charge < -0.3 is 9.80 Å². The van der Waals surface area contributed by atoms with Crippen molar-refractivity contribution in [1.29, 1.82) is 5.26 Å². The first-order valence-electron chi connectivity index (χ1n) is 8.75. The summed E-state index contributed by atoms with van der Waals surface area (Å²) in [7, 11) is 0. The van der Waals surface area contributed by atoms with Crippen LogP contribution in [0.2, 0.25) is 5.02 Å². The quantitative estimate of drug-likeness (QED) is 0.329. The molecule has 0 unspecified atom stereocenters. The fourth-order valence-corrected chi connectivity index (χ4v) is 3.28. The Hall–Kier alpha value is -3.44. The summed E-state index contributed by atoms with van der Waals surface area (Å²) in [4.78, 5) is 26.4. The van der Waals surface area contributed by atoms with Gasteiger partial charge in [-0.3, -0.25) is 14.9 Å². The second-order valence-electron chi connectivity index (χ2n) is 6.37. The molecule has 148 valence electrons. The van der Waals surface area contributed by atoms with Crippen molar-refractivity contribution in [3.05, 3.63) is 74.6 Å². The maximum Gasteiger partial charge on any atom is 0.288 e. The van der Waals surface area contributed by atoms with Crippen LogP contribution >= 0.6 is 11.6 Å². The molecule has 0 N–H and O–H groups in total. The highest BCUT2D eigenvalue weighted by Gasteiger charge is 2.25. The van der Waals surface area contributed by atoms with Crippen LogP contribution in [0.4, 0.5) is 15.8 Å². The number of nitro benzene ring substituents is 1. The van der Waals surface area contributed by atoms with E-state index in [1.165, 1.54) is 35.2 Å². The summed E-state index contributed by atoms with van der Waals surface area (Å²) in [5.41, 5.74) is 0.365. The van der Waals surface area contributed by atoms with Crippen LogP contribution in [0, 0.1) is 27.3 Å². The lowest BCUT2D eigenvalue weighted by atomic mass is 10.1. The monoisotopic (exact) mass is 414 g/mol. The number of nitro groups is 1. The fourth-order valence-electron chi connectivity index (χ4n) is 3.10. The van der Waals surface area contributed by atoms with E-state index in [4.69, 9.17) is 11.6 Å². The minimum Gasteiger partial charge on any atom is -0.366 e. The molecule has 1 aliphatic rings. The van der Waals surface area contributed by atoms with Gasteiger partial charge in [-0.15, -0.1) is 0 Å². The molecule has 2 aromatic rings. The zero-order valence-electron chi connectivity index (χ0n) is 15.2. The maximum atomic E-state index is 13.9. The van der Waals surface area contributed by atoms with Crippen molar-refractivity contribution in [2.75, 3.05) is 31.1 Å². The largest absolute Gasteiger partial charge is 0.366 e. The van der Waals surface area contributed by atoms with Crippen molar-refractivity contribution in [3.63, 3.8) is 0 Å². The first-order valence-corrected chi connectivity index (χ1v) is 9.13. The molecule has 1 heterocycles. The number of benzene rings is 2. The average Bonchev–Trinajstić information content (AvgIpc) is 2.73. The number of halogens is 2. The summed E-state index contributed by atoms with van der Waals surface area (Å²) >= 11 is 5.79. The van der Waals surface area contributed by atoms with E-state index < -0.39 is 10.8 Å². The van der Waals surface area contributed by atoms with Crippen molar-refractivity contribution in [2.45, 2.75) is 0 Å². The van der Waals surface area contributed by atoms with Crippen molar-refractivity contribution in [1.82, 2.24) is 4.90 Å². The second-order valence-corrected chi connectivity index (χ2v) is 6.78. The third-order valence-corrected chi connectivity index (χ3v) is 4.91. The van der Waals surface area contributed by atoms with Gasteiger partial charge in [0.2, 0.25) is 0 Å². The Bertz CT molecular complexity index is 1030. The number of para-hydroxylation sites is 1. The SMILES string of the molecule is N#C/C(=C\c1ccc(Cl)c([N+](=O)[O-])c1)C(=O)N1CCN(c2ccccc2F)CC1. The number of hydrogen-bond acceptors (Lipinski definition) is 5. The first kappa shape index (κ1) is 20.3. The van der Waals surface area contributed by atoms with Gasteiger partial charge in [0.05, 0.1) is 10.6 Å². The number of anilines is 1. The molecule has 0 bridgehead atoms. The lowest BCUT2D eigenvalue weighted by Crippen LogP contribution is -2.49. The minimum atomic E-state index is -0.629. The maximum absolute atomic E-state index is 13.9. The van der Waals surface area contributed by atoms with Crippen LogP contribution in [-0.4, -0.2) is 41.9 Å². The molecule has 0 saturated carbocycles. The normalized spacial score (nSPS) is 14.4. The molecule has 2 aromatic carbocycles. The molecule has 0 aromatic heterocycles. The van der Waals surface area contributed by atoms with E-state index in [1.807, 2.05) is 11.0 Å². The second kappa shape index (κ2) is 8.71. The summed E-state index contributed by atoms with van der Waals surface area (Å²) < 4.78 is 13.9. The van der Waals surface area contributed by atoms with E-state index in [-0.39, 0.29) is 22.1 Å². The number of carbonyl (C=O) groups excluding carboxylic acids is 1. The van der Waals surface area contributed by atoms with Crippen molar-refractivity contribution in [3.8, 4) is 6.07 Å². The molecular formula is C20H16ClFN4O3. The third kappa shape index (κ3) is 4.52. The number of nitrogens with zero attached hydrogens (tertiary/aromatic N) is 4. The molecule has 29 heavy (non-hydrogen) atoms. The van der Waals surface area contributed by atoms with Gasteiger partial charge in [0, 0.05) is 32.2 Å². The van der Waals surface area contributed by atoms with E-state index in [0.29, 0.717) is 37.4 Å². The van der Waals surface area contributed by atoms with Gasteiger partial charge in [0.1, 0.15) is 22.5 Å². The lowest BCUT2D eigenvalue weighted by molar-refractivity contribution is -0.384.